The van der Waals surface area contributed by atoms with Gasteiger partial charge >= 0.3 is 5.97 Å². The molecule has 0 saturated heterocycles. The molecule has 0 spiro atoms. The molecule has 3 aromatic rings. The number of ketones is 1. The summed E-state index contributed by atoms with van der Waals surface area (Å²) in [5.74, 6) is -0.923. The van der Waals surface area contributed by atoms with Crippen LogP contribution in [0.1, 0.15) is 32.5 Å². The van der Waals surface area contributed by atoms with Crippen molar-refractivity contribution in [2.75, 3.05) is 0 Å². The van der Waals surface area contributed by atoms with E-state index in [0.29, 0.717) is 16.1 Å². The number of benzene rings is 2. The van der Waals surface area contributed by atoms with Gasteiger partial charge in [0.1, 0.15) is 5.69 Å². The Hall–Kier alpha value is -2.85. The van der Waals surface area contributed by atoms with E-state index in [9.17, 15) is 9.59 Å². The first-order valence-electron chi connectivity index (χ1n) is 7.34. The van der Waals surface area contributed by atoms with Gasteiger partial charge in [0.25, 0.3) is 0 Å². The van der Waals surface area contributed by atoms with Crippen molar-refractivity contribution in [1.82, 2.24) is 4.98 Å². The summed E-state index contributed by atoms with van der Waals surface area (Å²) in [6, 6.07) is 19.1. The van der Waals surface area contributed by atoms with E-state index in [2.05, 4.69) is 4.98 Å². The lowest BCUT2D eigenvalue weighted by Crippen LogP contribution is -2.20. The van der Waals surface area contributed by atoms with E-state index in [0.717, 1.165) is 0 Å². The summed E-state index contributed by atoms with van der Waals surface area (Å²) < 4.78 is 5.47. The molecule has 120 valence electrons. The van der Waals surface area contributed by atoms with Crippen LogP contribution in [0, 0.1) is 0 Å². The highest BCUT2D eigenvalue weighted by Gasteiger charge is 2.27. The molecule has 0 aliphatic rings. The zero-order valence-corrected chi connectivity index (χ0v) is 13.4. The molecule has 0 aliphatic carbocycles. The smallest absolute Gasteiger partial charge is 0.355 e. The molecular weight excluding hydrogens is 326 g/mol. The van der Waals surface area contributed by atoms with Crippen molar-refractivity contribution < 1.29 is 14.3 Å². The van der Waals surface area contributed by atoms with Gasteiger partial charge in [-0.15, -0.1) is 0 Å². The van der Waals surface area contributed by atoms with E-state index in [1.165, 1.54) is 12.3 Å². The van der Waals surface area contributed by atoms with Crippen LogP contribution < -0.4 is 0 Å². The van der Waals surface area contributed by atoms with Gasteiger partial charge in [0.15, 0.2) is 6.10 Å². The van der Waals surface area contributed by atoms with E-state index in [-0.39, 0.29) is 11.5 Å². The van der Waals surface area contributed by atoms with Crippen LogP contribution in [0.4, 0.5) is 0 Å². The zero-order valence-electron chi connectivity index (χ0n) is 12.6. The Labute approximate surface area is 144 Å². The molecular formula is C19H14ClNO3. The largest absolute Gasteiger partial charge is 0.444 e. The second-order valence-corrected chi connectivity index (χ2v) is 5.59. The highest BCUT2D eigenvalue weighted by Crippen LogP contribution is 2.24. The van der Waals surface area contributed by atoms with Crippen molar-refractivity contribution >= 4 is 23.4 Å². The fraction of sp³-hybridized carbons (Fsp3) is 0.0526. The number of nitrogens with one attached hydrogen (secondary N) is 1. The van der Waals surface area contributed by atoms with Gasteiger partial charge in [-0.2, -0.15) is 0 Å². The maximum atomic E-state index is 12.8. The van der Waals surface area contributed by atoms with Crippen molar-refractivity contribution in [3.63, 3.8) is 0 Å². The minimum atomic E-state index is -1.02. The monoisotopic (exact) mass is 339 g/mol. The number of rotatable bonds is 5. The fourth-order valence-electron chi connectivity index (χ4n) is 2.31. The van der Waals surface area contributed by atoms with E-state index >= 15 is 0 Å². The highest BCUT2D eigenvalue weighted by atomic mass is 35.5. The Balaban J connectivity index is 1.91. The first kappa shape index (κ1) is 16.0. The van der Waals surface area contributed by atoms with Crippen molar-refractivity contribution in [3.8, 4) is 0 Å². The van der Waals surface area contributed by atoms with Crippen molar-refractivity contribution in [1.29, 1.82) is 0 Å². The van der Waals surface area contributed by atoms with E-state index < -0.39 is 12.1 Å². The Kier molecular flexibility index (Phi) is 4.77. The number of halogens is 1. The molecule has 0 saturated carbocycles. The molecule has 3 rings (SSSR count). The Morgan fingerprint density at radius 1 is 0.958 bits per heavy atom. The third-order valence-electron chi connectivity index (χ3n) is 3.49. The summed E-state index contributed by atoms with van der Waals surface area (Å²) in [6.07, 6.45) is 0.456. The number of esters is 1. The average molecular weight is 340 g/mol. The first-order valence-corrected chi connectivity index (χ1v) is 7.72. The van der Waals surface area contributed by atoms with Gasteiger partial charge in [-0.25, -0.2) is 4.79 Å². The van der Waals surface area contributed by atoms with Crippen LogP contribution in [0.15, 0.2) is 72.9 Å². The number of Topliss-reactive ketones (excluding diaryl/α,β-unsaturated/α-hetero) is 1. The standard InChI is InChI=1S/C19H14ClNO3/c20-15-11-16(21-12-15)19(23)24-18(14-9-5-2-6-10-14)17(22)13-7-3-1-4-8-13/h1-12,18,21H/t18-/m0/s1. The van der Waals surface area contributed by atoms with Crippen molar-refractivity contribution in [2.24, 2.45) is 0 Å². The zero-order chi connectivity index (χ0) is 16.9. The fourth-order valence-corrected chi connectivity index (χ4v) is 2.47. The van der Waals surface area contributed by atoms with Gasteiger partial charge in [0.2, 0.25) is 5.78 Å². The molecule has 0 bridgehead atoms. The molecule has 5 heteroatoms. The molecule has 24 heavy (non-hydrogen) atoms. The normalized spacial score (nSPS) is 11.7. The van der Waals surface area contributed by atoms with Crippen molar-refractivity contribution in [3.05, 3.63) is 94.8 Å². The second-order valence-electron chi connectivity index (χ2n) is 5.16. The topological polar surface area (TPSA) is 59.2 Å². The number of hydrogen-bond donors (Lipinski definition) is 1. The van der Waals surface area contributed by atoms with Gasteiger partial charge in [-0.05, 0) is 6.07 Å². The van der Waals surface area contributed by atoms with Gasteiger partial charge in [-0.3, -0.25) is 4.79 Å². The molecule has 0 radical (unpaired) electrons. The Bertz CT molecular complexity index is 843. The summed E-state index contributed by atoms with van der Waals surface area (Å²) in [4.78, 5) is 27.8. The van der Waals surface area contributed by atoms with Gasteiger partial charge in [0.05, 0.1) is 5.02 Å². The summed E-state index contributed by atoms with van der Waals surface area (Å²) in [5, 5.41) is 0.396. The molecule has 1 aromatic heterocycles. The summed E-state index contributed by atoms with van der Waals surface area (Å²) >= 11 is 5.81. The quantitative estimate of drug-likeness (QED) is 0.552. The molecule has 1 heterocycles. The van der Waals surface area contributed by atoms with Gasteiger partial charge in [-0.1, -0.05) is 72.3 Å². The van der Waals surface area contributed by atoms with Crippen molar-refractivity contribution in [2.45, 2.75) is 6.10 Å². The minimum absolute atomic E-state index is 0.196. The van der Waals surface area contributed by atoms with E-state index in [4.69, 9.17) is 16.3 Å². The highest BCUT2D eigenvalue weighted by molar-refractivity contribution is 6.30. The molecule has 2 aromatic carbocycles. The molecule has 1 N–H and O–H groups in total. The third-order valence-corrected chi connectivity index (χ3v) is 3.71. The summed E-state index contributed by atoms with van der Waals surface area (Å²) in [5.41, 5.74) is 1.28. The molecule has 0 fully saturated rings. The van der Waals surface area contributed by atoms with Crippen LogP contribution in [-0.4, -0.2) is 16.7 Å². The molecule has 0 aliphatic heterocycles. The number of hydrogen-bond acceptors (Lipinski definition) is 3. The SMILES string of the molecule is O=C(O[C@H](C(=O)c1ccccc1)c1ccccc1)c1cc(Cl)c[nH]1. The Morgan fingerprint density at radius 2 is 1.58 bits per heavy atom. The lowest BCUT2D eigenvalue weighted by Gasteiger charge is -2.17. The van der Waals surface area contributed by atoms with Crippen LogP contribution in [0.2, 0.25) is 5.02 Å². The molecule has 4 nitrogen and oxygen atoms in total. The summed E-state index contributed by atoms with van der Waals surface area (Å²) in [7, 11) is 0. The second kappa shape index (κ2) is 7.15. The minimum Gasteiger partial charge on any atom is -0.444 e. The van der Waals surface area contributed by atoms with Crippen LogP contribution in [0.25, 0.3) is 0 Å². The predicted molar refractivity (Wildman–Crippen MR) is 91.2 cm³/mol. The van der Waals surface area contributed by atoms with E-state index in [1.807, 2.05) is 12.1 Å². The summed E-state index contributed by atoms with van der Waals surface area (Å²) in [6.45, 7) is 0. The van der Waals surface area contributed by atoms with Crippen LogP contribution in [0.5, 0.6) is 0 Å². The number of aromatic amines is 1. The molecule has 0 amide bonds. The third kappa shape index (κ3) is 3.55. The lowest BCUT2D eigenvalue weighted by molar-refractivity contribution is 0.0275. The number of H-pyrrole nitrogens is 1. The Morgan fingerprint density at radius 3 is 2.17 bits per heavy atom. The van der Waals surface area contributed by atoms with Gasteiger partial charge < -0.3 is 9.72 Å². The van der Waals surface area contributed by atoms with Crippen LogP contribution >= 0.6 is 11.6 Å². The molecule has 1 atom stereocenters. The average Bonchev–Trinajstić information content (AvgIpc) is 3.07. The number of carbonyl (C=O) groups is 2. The number of aromatic nitrogens is 1. The van der Waals surface area contributed by atoms with Gasteiger partial charge in [0, 0.05) is 17.3 Å². The van der Waals surface area contributed by atoms with E-state index in [1.54, 1.807) is 48.5 Å². The first-order chi connectivity index (χ1) is 11.6. The number of carbonyl (C=O) groups excluding carboxylic acids is 2. The number of ether oxygens (including phenoxy) is 1. The maximum absolute atomic E-state index is 12.8. The predicted octanol–water partition coefficient (Wildman–Crippen LogP) is 4.45. The molecule has 0 unspecified atom stereocenters. The van der Waals surface area contributed by atoms with Crippen LogP contribution in [-0.2, 0) is 4.74 Å². The maximum Gasteiger partial charge on any atom is 0.355 e. The van der Waals surface area contributed by atoms with Crippen LogP contribution in [0.3, 0.4) is 0 Å². The lowest BCUT2D eigenvalue weighted by atomic mass is 10.00.